The van der Waals surface area contributed by atoms with Crippen LogP contribution in [0.25, 0.3) is 0 Å². The molecule has 0 radical (unpaired) electrons. The van der Waals surface area contributed by atoms with Crippen LogP contribution < -0.4 is 0 Å². The second kappa shape index (κ2) is 3.10. The molecule has 0 aromatic carbocycles. The molecule has 0 saturated carbocycles. The summed E-state index contributed by atoms with van der Waals surface area (Å²) in [5, 5.41) is -0.364. The van der Waals surface area contributed by atoms with Crippen molar-refractivity contribution in [2.75, 3.05) is 12.3 Å². The third-order valence-corrected chi connectivity index (χ3v) is 5.51. The van der Waals surface area contributed by atoms with E-state index in [0.717, 1.165) is 0 Å². The zero-order chi connectivity index (χ0) is 11.3. The van der Waals surface area contributed by atoms with E-state index in [1.54, 1.807) is 17.0 Å². The van der Waals surface area contributed by atoms with Gasteiger partial charge >= 0.3 is 0 Å². The number of furan rings is 1. The molecule has 2 saturated heterocycles. The van der Waals surface area contributed by atoms with Crippen LogP contribution in [0.4, 0.5) is 0 Å². The molecule has 2 unspecified atom stereocenters. The predicted octanol–water partition coefficient (Wildman–Crippen LogP) is 0.291. The summed E-state index contributed by atoms with van der Waals surface area (Å²) >= 11 is 0. The van der Waals surface area contributed by atoms with E-state index in [1.807, 2.05) is 0 Å². The van der Waals surface area contributed by atoms with Gasteiger partial charge in [-0.3, -0.25) is 4.79 Å². The first-order valence-electron chi connectivity index (χ1n) is 5.14. The minimum Gasteiger partial charge on any atom is -0.459 e. The Morgan fingerprint density at radius 2 is 2.31 bits per heavy atom. The van der Waals surface area contributed by atoms with Gasteiger partial charge in [-0.25, -0.2) is 8.42 Å². The fourth-order valence-corrected chi connectivity index (χ4v) is 4.51. The van der Waals surface area contributed by atoms with E-state index >= 15 is 0 Å². The third-order valence-electron chi connectivity index (χ3n) is 3.30. The molecule has 2 fully saturated rings. The summed E-state index contributed by atoms with van der Waals surface area (Å²) in [4.78, 5) is 13.6. The molecule has 2 atom stereocenters. The highest BCUT2D eigenvalue weighted by Crippen LogP contribution is 2.33. The van der Waals surface area contributed by atoms with Crippen LogP contribution in [0.3, 0.4) is 0 Å². The van der Waals surface area contributed by atoms with E-state index in [0.29, 0.717) is 13.0 Å². The minimum absolute atomic E-state index is 0.101. The molecule has 1 aromatic rings. The maximum atomic E-state index is 11.9. The van der Waals surface area contributed by atoms with Gasteiger partial charge in [-0.1, -0.05) is 0 Å². The lowest BCUT2D eigenvalue weighted by Crippen LogP contribution is -2.43. The van der Waals surface area contributed by atoms with Gasteiger partial charge in [0.1, 0.15) is 0 Å². The number of hydrogen-bond donors (Lipinski definition) is 0. The molecule has 6 heteroatoms. The number of likely N-dealkylation sites (tertiary alicyclic amines) is 1. The topological polar surface area (TPSA) is 67.6 Å². The van der Waals surface area contributed by atoms with Crippen molar-refractivity contribution in [1.29, 1.82) is 0 Å². The number of nitrogens with zero attached hydrogens (tertiary/aromatic N) is 1. The van der Waals surface area contributed by atoms with Crippen molar-refractivity contribution in [1.82, 2.24) is 4.90 Å². The van der Waals surface area contributed by atoms with Crippen LogP contribution in [0.15, 0.2) is 22.8 Å². The zero-order valence-corrected chi connectivity index (χ0v) is 9.31. The van der Waals surface area contributed by atoms with Gasteiger partial charge in [0.15, 0.2) is 15.6 Å². The van der Waals surface area contributed by atoms with E-state index < -0.39 is 9.84 Å². The molecule has 16 heavy (non-hydrogen) atoms. The van der Waals surface area contributed by atoms with Crippen LogP contribution in [0.2, 0.25) is 0 Å². The fourth-order valence-electron chi connectivity index (χ4n) is 2.49. The monoisotopic (exact) mass is 241 g/mol. The number of carbonyl (C=O) groups excluding carboxylic acids is 1. The van der Waals surface area contributed by atoms with Gasteiger partial charge in [0.05, 0.1) is 17.3 Å². The molecular formula is C10H11NO4S. The Morgan fingerprint density at radius 1 is 1.50 bits per heavy atom. The lowest BCUT2D eigenvalue weighted by molar-refractivity contribution is 0.0713. The van der Waals surface area contributed by atoms with Crippen LogP contribution in [-0.4, -0.2) is 42.8 Å². The van der Waals surface area contributed by atoms with Crippen LogP contribution in [0.5, 0.6) is 0 Å². The molecular weight excluding hydrogens is 230 g/mol. The van der Waals surface area contributed by atoms with Crippen molar-refractivity contribution >= 4 is 15.7 Å². The fraction of sp³-hybridized carbons (Fsp3) is 0.500. The molecule has 1 aromatic heterocycles. The quantitative estimate of drug-likeness (QED) is 0.708. The largest absolute Gasteiger partial charge is 0.459 e. The summed E-state index contributed by atoms with van der Waals surface area (Å²) in [6, 6.07) is 3.09. The molecule has 5 nitrogen and oxygen atoms in total. The first-order valence-corrected chi connectivity index (χ1v) is 6.85. The Labute approximate surface area is 93.0 Å². The van der Waals surface area contributed by atoms with Crippen LogP contribution in [0.1, 0.15) is 17.0 Å². The summed E-state index contributed by atoms with van der Waals surface area (Å²) in [6.45, 7) is 0.312. The van der Waals surface area contributed by atoms with Crippen LogP contribution >= 0.6 is 0 Å². The molecule has 0 spiro atoms. The molecule has 2 aliphatic rings. The molecule has 2 aliphatic heterocycles. The van der Waals surface area contributed by atoms with E-state index in [2.05, 4.69) is 0 Å². The van der Waals surface area contributed by atoms with Crippen LogP contribution in [-0.2, 0) is 9.84 Å². The highest BCUT2D eigenvalue weighted by atomic mass is 32.2. The number of amides is 1. The Bertz CT molecular complexity index is 519. The number of sulfone groups is 1. The smallest absolute Gasteiger partial charge is 0.289 e. The summed E-state index contributed by atoms with van der Waals surface area (Å²) in [5.41, 5.74) is 0. The summed E-state index contributed by atoms with van der Waals surface area (Å²) < 4.78 is 28.1. The maximum absolute atomic E-state index is 11.9. The summed E-state index contributed by atoms with van der Waals surface area (Å²) in [6.07, 6.45) is 2.02. The van der Waals surface area contributed by atoms with Crippen molar-refractivity contribution < 1.29 is 17.6 Å². The maximum Gasteiger partial charge on any atom is 0.289 e. The Kier molecular flexibility index (Phi) is 1.92. The number of rotatable bonds is 1. The van der Waals surface area contributed by atoms with Crippen molar-refractivity contribution in [2.24, 2.45) is 0 Å². The minimum atomic E-state index is -2.95. The van der Waals surface area contributed by atoms with Gasteiger partial charge in [0.2, 0.25) is 0 Å². The second-order valence-corrected chi connectivity index (χ2v) is 6.60. The van der Waals surface area contributed by atoms with Crippen LogP contribution in [0, 0.1) is 0 Å². The van der Waals surface area contributed by atoms with Gasteiger partial charge in [0, 0.05) is 12.6 Å². The highest BCUT2D eigenvalue weighted by molar-refractivity contribution is 7.92. The number of carbonyl (C=O) groups is 1. The molecule has 0 N–H and O–H groups in total. The van der Waals surface area contributed by atoms with Gasteiger partial charge in [-0.15, -0.1) is 0 Å². The number of fused-ring (bicyclic) bond motifs is 2. The van der Waals surface area contributed by atoms with Crippen molar-refractivity contribution in [3.8, 4) is 0 Å². The molecule has 3 heterocycles. The van der Waals surface area contributed by atoms with E-state index in [9.17, 15) is 13.2 Å². The van der Waals surface area contributed by atoms with Crippen molar-refractivity contribution in [3.05, 3.63) is 24.2 Å². The first-order chi connectivity index (χ1) is 7.58. The predicted molar refractivity (Wildman–Crippen MR) is 55.7 cm³/mol. The Morgan fingerprint density at radius 3 is 2.81 bits per heavy atom. The molecule has 0 aliphatic carbocycles. The third kappa shape index (κ3) is 1.29. The van der Waals surface area contributed by atoms with E-state index in [-0.39, 0.29) is 28.7 Å². The SMILES string of the molecule is O=C(c1ccco1)N1CC2CC1CS2(=O)=O. The first kappa shape index (κ1) is 9.89. The average Bonchev–Trinajstić information content (AvgIpc) is 2.88. The van der Waals surface area contributed by atoms with E-state index in [4.69, 9.17) is 4.42 Å². The Hall–Kier alpha value is -1.30. The van der Waals surface area contributed by atoms with Gasteiger partial charge in [0.25, 0.3) is 5.91 Å². The number of hydrogen-bond acceptors (Lipinski definition) is 4. The lowest BCUT2D eigenvalue weighted by atomic mass is 10.2. The van der Waals surface area contributed by atoms with Crippen molar-refractivity contribution in [2.45, 2.75) is 17.7 Å². The molecule has 2 bridgehead atoms. The highest BCUT2D eigenvalue weighted by Gasteiger charge is 2.50. The standard InChI is InChI=1S/C10H11NO4S/c12-10(9-2-1-3-15-9)11-5-8-4-7(11)6-16(8,13)14/h1-3,7-8H,4-6H2. The Balaban J connectivity index is 1.84. The zero-order valence-electron chi connectivity index (χ0n) is 8.50. The second-order valence-electron chi connectivity index (χ2n) is 4.28. The summed E-state index contributed by atoms with van der Waals surface area (Å²) in [5.74, 6) is 0.182. The van der Waals surface area contributed by atoms with Gasteiger partial charge in [-0.2, -0.15) is 0 Å². The van der Waals surface area contributed by atoms with Gasteiger partial charge in [-0.05, 0) is 18.6 Å². The molecule has 86 valence electrons. The summed E-state index contributed by atoms with van der Waals surface area (Å²) in [7, 11) is -2.95. The van der Waals surface area contributed by atoms with Crippen molar-refractivity contribution in [3.63, 3.8) is 0 Å². The normalized spacial score (nSPS) is 30.9. The average molecular weight is 241 g/mol. The van der Waals surface area contributed by atoms with E-state index in [1.165, 1.54) is 6.26 Å². The molecule has 1 amide bonds. The lowest BCUT2D eigenvalue weighted by Gasteiger charge is -2.25. The van der Waals surface area contributed by atoms with Gasteiger partial charge < -0.3 is 9.32 Å². The molecule has 3 rings (SSSR count).